The highest BCUT2D eigenvalue weighted by molar-refractivity contribution is 7.10. The van der Waals surface area contributed by atoms with Crippen molar-refractivity contribution in [2.75, 3.05) is 0 Å². The van der Waals surface area contributed by atoms with Gasteiger partial charge >= 0.3 is 0 Å². The molecule has 0 atom stereocenters. The van der Waals surface area contributed by atoms with E-state index in [-0.39, 0.29) is 5.82 Å². The highest BCUT2D eigenvalue weighted by Crippen LogP contribution is 2.15. The average Bonchev–Trinajstić information content (AvgIpc) is 2.56. The highest BCUT2D eigenvalue weighted by atomic mass is 35.5. The van der Waals surface area contributed by atoms with Gasteiger partial charge in [-0.05, 0) is 34.8 Å². The topological polar surface area (TPSA) is 25.8 Å². The molecule has 0 bridgehead atoms. The summed E-state index contributed by atoms with van der Waals surface area (Å²) in [6, 6.07) is 6.57. The van der Waals surface area contributed by atoms with Crippen molar-refractivity contribution in [3.05, 3.63) is 45.9 Å². The summed E-state index contributed by atoms with van der Waals surface area (Å²) in [6.07, 6.45) is 0.385. The number of nitrogens with zero attached hydrogens (tertiary/aromatic N) is 2. The van der Waals surface area contributed by atoms with Gasteiger partial charge in [0, 0.05) is 6.42 Å². The van der Waals surface area contributed by atoms with Crippen LogP contribution in [0.25, 0.3) is 0 Å². The van der Waals surface area contributed by atoms with Gasteiger partial charge in [-0.15, -0.1) is 0 Å². The van der Waals surface area contributed by atoms with Crippen molar-refractivity contribution in [3.63, 3.8) is 0 Å². The van der Waals surface area contributed by atoms with Crippen LogP contribution >= 0.6 is 23.1 Å². The molecule has 0 aliphatic heterocycles. The maximum atomic E-state index is 13.2. The van der Waals surface area contributed by atoms with Crippen LogP contribution in [0.4, 0.5) is 4.39 Å². The smallest absolute Gasteiger partial charge is 0.203 e. The lowest BCUT2D eigenvalue weighted by Crippen LogP contribution is -1.93. The van der Waals surface area contributed by atoms with E-state index in [1.165, 1.54) is 6.07 Å². The molecule has 2 aromatic rings. The third kappa shape index (κ3) is 2.08. The van der Waals surface area contributed by atoms with Crippen molar-refractivity contribution in [2.45, 2.75) is 6.42 Å². The second-order valence-corrected chi connectivity index (χ2v) is 4.07. The van der Waals surface area contributed by atoms with Gasteiger partial charge < -0.3 is 0 Å². The van der Waals surface area contributed by atoms with Crippen molar-refractivity contribution in [3.8, 4) is 0 Å². The van der Waals surface area contributed by atoms with Gasteiger partial charge in [-0.2, -0.15) is 4.37 Å². The number of hydrogen-bond acceptors (Lipinski definition) is 3. The third-order valence-corrected chi connectivity index (χ3v) is 2.59. The fourth-order valence-corrected chi connectivity index (χ4v) is 1.75. The minimum Gasteiger partial charge on any atom is -0.208 e. The van der Waals surface area contributed by atoms with Crippen LogP contribution in [0.3, 0.4) is 0 Å². The first kappa shape index (κ1) is 9.55. The summed E-state index contributed by atoms with van der Waals surface area (Å²) < 4.78 is 17.6. The maximum absolute atomic E-state index is 13.2. The molecule has 0 aliphatic carbocycles. The van der Waals surface area contributed by atoms with Crippen LogP contribution in [-0.4, -0.2) is 9.36 Å². The van der Waals surface area contributed by atoms with Crippen LogP contribution in [0.15, 0.2) is 24.3 Å². The fourth-order valence-electron chi connectivity index (χ4n) is 1.12. The van der Waals surface area contributed by atoms with Crippen LogP contribution < -0.4 is 0 Å². The summed E-state index contributed by atoms with van der Waals surface area (Å²) in [4.78, 5) is 3.95. The van der Waals surface area contributed by atoms with Crippen LogP contribution in [-0.2, 0) is 6.42 Å². The number of hydrogen-bond donors (Lipinski definition) is 0. The second-order valence-electron chi connectivity index (χ2n) is 2.73. The lowest BCUT2D eigenvalue weighted by atomic mass is 10.1. The SMILES string of the molecule is Fc1ccccc1Cc1nsc(Cl)n1. The molecule has 1 heterocycles. The third-order valence-electron chi connectivity index (χ3n) is 1.75. The molecule has 0 saturated carbocycles. The molecule has 0 N–H and O–H groups in total. The number of rotatable bonds is 2. The Labute approximate surface area is 89.5 Å². The molecule has 72 valence electrons. The van der Waals surface area contributed by atoms with E-state index in [9.17, 15) is 4.39 Å². The Balaban J connectivity index is 2.23. The van der Waals surface area contributed by atoms with Crippen molar-refractivity contribution in [2.24, 2.45) is 0 Å². The molecule has 14 heavy (non-hydrogen) atoms. The molecule has 0 aliphatic rings. The van der Waals surface area contributed by atoms with Gasteiger partial charge in [0.2, 0.25) is 4.47 Å². The molecule has 5 heteroatoms. The minimum atomic E-state index is -0.238. The quantitative estimate of drug-likeness (QED) is 0.790. The van der Waals surface area contributed by atoms with E-state index in [0.29, 0.717) is 22.3 Å². The molecule has 2 rings (SSSR count). The van der Waals surface area contributed by atoms with Gasteiger partial charge in [-0.25, -0.2) is 9.37 Å². The van der Waals surface area contributed by atoms with Gasteiger partial charge in [0.05, 0.1) is 0 Å². The summed E-state index contributed by atoms with van der Waals surface area (Å²) >= 11 is 6.73. The number of benzene rings is 1. The first-order chi connectivity index (χ1) is 6.75. The summed E-state index contributed by atoms with van der Waals surface area (Å²) in [7, 11) is 0. The molecular formula is C9H6ClFN2S. The van der Waals surface area contributed by atoms with Gasteiger partial charge in [-0.1, -0.05) is 18.2 Å². The Hall–Kier alpha value is -1.00. The molecule has 0 fully saturated rings. The summed E-state index contributed by atoms with van der Waals surface area (Å²) in [5.41, 5.74) is 0.585. The molecule has 2 nitrogen and oxygen atoms in total. The fraction of sp³-hybridized carbons (Fsp3) is 0.111. The molecule has 0 amide bonds. The number of aromatic nitrogens is 2. The van der Waals surface area contributed by atoms with E-state index in [0.717, 1.165) is 11.5 Å². The Bertz CT molecular complexity index is 444. The largest absolute Gasteiger partial charge is 0.208 e. The second kappa shape index (κ2) is 4.02. The summed E-state index contributed by atoms with van der Waals surface area (Å²) in [5, 5.41) is 0. The average molecular weight is 229 g/mol. The lowest BCUT2D eigenvalue weighted by molar-refractivity contribution is 0.612. The molecule has 0 radical (unpaired) electrons. The predicted molar refractivity (Wildman–Crippen MR) is 54.1 cm³/mol. The Kier molecular flexibility index (Phi) is 2.74. The zero-order chi connectivity index (χ0) is 9.97. The predicted octanol–water partition coefficient (Wildman–Crippen LogP) is 2.92. The molecule has 1 aromatic heterocycles. The molecule has 0 spiro atoms. The summed E-state index contributed by atoms with van der Waals surface area (Å²) in [6.45, 7) is 0. The van der Waals surface area contributed by atoms with Crippen molar-refractivity contribution in [1.82, 2.24) is 9.36 Å². The van der Waals surface area contributed by atoms with Gasteiger partial charge in [0.1, 0.15) is 11.6 Å². The van der Waals surface area contributed by atoms with E-state index >= 15 is 0 Å². The van der Waals surface area contributed by atoms with E-state index < -0.39 is 0 Å². The van der Waals surface area contributed by atoms with Crippen LogP contribution in [0.1, 0.15) is 11.4 Å². The van der Waals surface area contributed by atoms with Crippen LogP contribution in [0.5, 0.6) is 0 Å². The lowest BCUT2D eigenvalue weighted by Gasteiger charge is -1.97. The van der Waals surface area contributed by atoms with Crippen molar-refractivity contribution < 1.29 is 4.39 Å². The standard InChI is InChI=1S/C9H6ClFN2S/c10-9-12-8(13-14-9)5-6-3-1-2-4-7(6)11/h1-4H,5H2. The van der Waals surface area contributed by atoms with E-state index in [1.54, 1.807) is 18.2 Å². The van der Waals surface area contributed by atoms with Crippen LogP contribution in [0, 0.1) is 5.82 Å². The zero-order valence-electron chi connectivity index (χ0n) is 7.08. The Morgan fingerprint density at radius 3 is 2.79 bits per heavy atom. The molecule has 1 aromatic carbocycles. The Morgan fingerprint density at radius 2 is 2.14 bits per heavy atom. The summed E-state index contributed by atoms with van der Waals surface area (Å²) in [5.74, 6) is 0.323. The molecule has 0 unspecified atom stereocenters. The van der Waals surface area contributed by atoms with Crippen molar-refractivity contribution >= 4 is 23.1 Å². The maximum Gasteiger partial charge on any atom is 0.203 e. The van der Waals surface area contributed by atoms with Gasteiger partial charge in [-0.3, -0.25) is 0 Å². The minimum absolute atomic E-state index is 0.238. The first-order valence-electron chi connectivity index (χ1n) is 3.97. The normalized spacial score (nSPS) is 10.4. The van der Waals surface area contributed by atoms with E-state index in [2.05, 4.69) is 9.36 Å². The molecule has 0 saturated heterocycles. The first-order valence-corrected chi connectivity index (χ1v) is 5.12. The monoisotopic (exact) mass is 228 g/mol. The van der Waals surface area contributed by atoms with Crippen LogP contribution in [0.2, 0.25) is 4.47 Å². The zero-order valence-corrected chi connectivity index (χ0v) is 8.65. The molecular weight excluding hydrogens is 223 g/mol. The highest BCUT2D eigenvalue weighted by Gasteiger charge is 2.06. The number of halogens is 2. The van der Waals surface area contributed by atoms with E-state index in [4.69, 9.17) is 11.6 Å². The van der Waals surface area contributed by atoms with E-state index in [1.807, 2.05) is 0 Å². The van der Waals surface area contributed by atoms with Gasteiger partial charge in [0.15, 0.2) is 0 Å². The van der Waals surface area contributed by atoms with Crippen molar-refractivity contribution in [1.29, 1.82) is 0 Å². The van der Waals surface area contributed by atoms with Gasteiger partial charge in [0.25, 0.3) is 0 Å². The Morgan fingerprint density at radius 1 is 1.36 bits per heavy atom.